The third kappa shape index (κ3) is 5.44. The minimum absolute atomic E-state index is 0.0187. The number of nitrogens with one attached hydrogen (secondary N) is 2. The minimum atomic E-state index is -0.0723. The standard InChI is InChI=1S/C24H25N5OS/c1-17(20-8-10-21(11-9-20)29-13-12-25-16-29)26-23(30)15-31-24-27-18(2)22(28-24)14-19-6-4-3-5-7-19/h3-13,16-17H,14-15H2,1-2H3,(H,26,30)(H,27,28)/t17-/m0/s1. The van der Waals surface area contributed by atoms with Gasteiger partial charge in [0, 0.05) is 30.2 Å². The summed E-state index contributed by atoms with van der Waals surface area (Å²) in [6.07, 6.45) is 6.19. The summed E-state index contributed by atoms with van der Waals surface area (Å²) in [5, 5.41) is 3.84. The van der Waals surface area contributed by atoms with Gasteiger partial charge in [-0.25, -0.2) is 9.97 Å². The van der Waals surface area contributed by atoms with Crippen molar-refractivity contribution < 1.29 is 4.79 Å². The molecule has 6 nitrogen and oxygen atoms in total. The van der Waals surface area contributed by atoms with Crippen LogP contribution in [0.4, 0.5) is 0 Å². The van der Waals surface area contributed by atoms with E-state index in [-0.39, 0.29) is 11.9 Å². The largest absolute Gasteiger partial charge is 0.349 e. The van der Waals surface area contributed by atoms with Crippen molar-refractivity contribution in [3.05, 3.63) is 95.8 Å². The molecule has 0 fully saturated rings. The summed E-state index contributed by atoms with van der Waals surface area (Å²) >= 11 is 1.42. The van der Waals surface area contributed by atoms with Crippen LogP contribution in [0.25, 0.3) is 5.69 Å². The second kappa shape index (κ2) is 9.66. The Morgan fingerprint density at radius 2 is 1.94 bits per heavy atom. The fourth-order valence-electron chi connectivity index (χ4n) is 3.34. The molecule has 0 unspecified atom stereocenters. The van der Waals surface area contributed by atoms with Crippen LogP contribution in [0, 0.1) is 6.92 Å². The van der Waals surface area contributed by atoms with E-state index in [2.05, 4.69) is 32.4 Å². The molecule has 0 bridgehead atoms. The van der Waals surface area contributed by atoms with Crippen LogP contribution in [-0.4, -0.2) is 31.2 Å². The van der Waals surface area contributed by atoms with Crippen molar-refractivity contribution >= 4 is 17.7 Å². The average Bonchev–Trinajstić information content (AvgIpc) is 3.44. The molecular formula is C24H25N5OS. The molecule has 0 aliphatic heterocycles. The lowest BCUT2D eigenvalue weighted by Gasteiger charge is -2.14. The Hall–Kier alpha value is -3.32. The molecule has 1 atom stereocenters. The third-order valence-corrected chi connectivity index (χ3v) is 5.96. The topological polar surface area (TPSA) is 75.6 Å². The van der Waals surface area contributed by atoms with Crippen molar-refractivity contribution in [1.29, 1.82) is 0 Å². The van der Waals surface area contributed by atoms with Crippen molar-refractivity contribution in [1.82, 2.24) is 24.8 Å². The van der Waals surface area contributed by atoms with E-state index in [0.29, 0.717) is 5.75 Å². The molecule has 4 aromatic rings. The second-order valence-electron chi connectivity index (χ2n) is 7.42. The van der Waals surface area contributed by atoms with Gasteiger partial charge in [-0.15, -0.1) is 0 Å². The smallest absolute Gasteiger partial charge is 0.230 e. The van der Waals surface area contributed by atoms with Crippen molar-refractivity contribution in [2.24, 2.45) is 0 Å². The first-order valence-corrected chi connectivity index (χ1v) is 11.2. The summed E-state index contributed by atoms with van der Waals surface area (Å²) in [4.78, 5) is 24.5. The molecule has 0 aliphatic rings. The zero-order valence-corrected chi connectivity index (χ0v) is 18.4. The second-order valence-corrected chi connectivity index (χ2v) is 8.38. The molecule has 31 heavy (non-hydrogen) atoms. The summed E-state index contributed by atoms with van der Waals surface area (Å²) in [6, 6.07) is 18.3. The molecule has 4 rings (SSSR count). The van der Waals surface area contributed by atoms with Crippen molar-refractivity contribution in [3.8, 4) is 5.69 Å². The molecule has 0 spiro atoms. The van der Waals surface area contributed by atoms with Crippen molar-refractivity contribution in [3.63, 3.8) is 0 Å². The number of rotatable bonds is 8. The van der Waals surface area contributed by atoms with Crippen LogP contribution < -0.4 is 5.32 Å². The number of aryl methyl sites for hydroxylation is 1. The predicted molar refractivity (Wildman–Crippen MR) is 123 cm³/mol. The Morgan fingerprint density at radius 1 is 1.16 bits per heavy atom. The van der Waals surface area contributed by atoms with Gasteiger partial charge in [-0.1, -0.05) is 54.2 Å². The zero-order valence-electron chi connectivity index (χ0n) is 17.6. The number of aromatic nitrogens is 4. The minimum Gasteiger partial charge on any atom is -0.349 e. The summed E-state index contributed by atoms with van der Waals surface area (Å²) in [7, 11) is 0. The quantitative estimate of drug-likeness (QED) is 0.404. The highest BCUT2D eigenvalue weighted by molar-refractivity contribution is 7.99. The molecule has 2 aromatic heterocycles. The monoisotopic (exact) mass is 431 g/mol. The first kappa shape index (κ1) is 20.9. The van der Waals surface area contributed by atoms with E-state index < -0.39 is 0 Å². The lowest BCUT2D eigenvalue weighted by molar-refractivity contribution is -0.119. The van der Waals surface area contributed by atoms with Crippen LogP contribution in [0.2, 0.25) is 0 Å². The normalized spacial score (nSPS) is 11.9. The van der Waals surface area contributed by atoms with Gasteiger partial charge in [0.2, 0.25) is 5.91 Å². The molecule has 158 valence electrons. The van der Waals surface area contributed by atoms with Gasteiger partial charge in [-0.2, -0.15) is 0 Å². The van der Waals surface area contributed by atoms with Crippen LogP contribution in [0.1, 0.15) is 35.5 Å². The third-order valence-electron chi connectivity index (χ3n) is 5.09. The van der Waals surface area contributed by atoms with Gasteiger partial charge in [0.25, 0.3) is 0 Å². The van der Waals surface area contributed by atoms with E-state index >= 15 is 0 Å². The number of carbonyl (C=O) groups excluding carboxylic acids is 1. The summed E-state index contributed by atoms with van der Waals surface area (Å²) < 4.78 is 1.95. The molecule has 7 heteroatoms. The molecular weight excluding hydrogens is 406 g/mol. The van der Waals surface area contributed by atoms with Crippen LogP contribution in [-0.2, 0) is 11.2 Å². The predicted octanol–water partition coefficient (Wildman–Crippen LogP) is 4.46. The Morgan fingerprint density at radius 3 is 2.65 bits per heavy atom. The molecule has 2 N–H and O–H groups in total. The number of thioether (sulfide) groups is 1. The molecule has 2 heterocycles. The van der Waals surface area contributed by atoms with Gasteiger partial charge < -0.3 is 14.9 Å². The van der Waals surface area contributed by atoms with Crippen LogP contribution in [0.5, 0.6) is 0 Å². The number of imidazole rings is 2. The summed E-state index contributed by atoms with van der Waals surface area (Å²) in [5.74, 6) is 0.296. The van der Waals surface area contributed by atoms with E-state index in [0.717, 1.165) is 34.2 Å². The van der Waals surface area contributed by atoms with Gasteiger partial charge in [0.1, 0.15) is 0 Å². The number of nitrogens with zero attached hydrogens (tertiary/aromatic N) is 3. The van der Waals surface area contributed by atoms with Gasteiger partial charge >= 0.3 is 0 Å². The van der Waals surface area contributed by atoms with Gasteiger partial charge in [-0.05, 0) is 37.1 Å². The fourth-order valence-corrected chi connectivity index (χ4v) is 4.10. The summed E-state index contributed by atoms with van der Waals surface area (Å²) in [6.45, 7) is 4.01. The molecule has 0 aliphatic carbocycles. The van der Waals surface area contributed by atoms with Gasteiger partial charge in [0.05, 0.1) is 23.8 Å². The van der Waals surface area contributed by atoms with Crippen LogP contribution in [0.15, 0.2) is 78.5 Å². The number of hydrogen-bond acceptors (Lipinski definition) is 4. The number of carbonyl (C=O) groups is 1. The van der Waals surface area contributed by atoms with E-state index in [4.69, 9.17) is 0 Å². The van der Waals surface area contributed by atoms with E-state index in [9.17, 15) is 4.79 Å². The van der Waals surface area contributed by atoms with Crippen molar-refractivity contribution in [2.75, 3.05) is 5.75 Å². The number of hydrogen-bond donors (Lipinski definition) is 2. The van der Waals surface area contributed by atoms with E-state index in [1.54, 1.807) is 12.5 Å². The number of aromatic amines is 1. The van der Waals surface area contributed by atoms with E-state index in [1.807, 2.05) is 67.1 Å². The number of H-pyrrole nitrogens is 1. The van der Waals surface area contributed by atoms with Crippen LogP contribution >= 0.6 is 11.8 Å². The molecule has 2 aromatic carbocycles. The maximum absolute atomic E-state index is 12.5. The highest BCUT2D eigenvalue weighted by Gasteiger charge is 2.13. The lowest BCUT2D eigenvalue weighted by atomic mass is 10.1. The molecule has 1 amide bonds. The highest BCUT2D eigenvalue weighted by atomic mass is 32.2. The molecule has 0 saturated heterocycles. The van der Waals surface area contributed by atoms with Gasteiger partial charge in [-0.3, -0.25) is 4.79 Å². The zero-order chi connectivity index (χ0) is 21.6. The molecule has 0 saturated carbocycles. The SMILES string of the molecule is Cc1[nH]c(SCC(=O)N[C@@H](C)c2ccc(-n3ccnc3)cc2)nc1Cc1ccccc1. The van der Waals surface area contributed by atoms with Crippen molar-refractivity contribution in [2.45, 2.75) is 31.5 Å². The molecule has 0 radical (unpaired) electrons. The van der Waals surface area contributed by atoms with Gasteiger partial charge in [0.15, 0.2) is 5.16 Å². The Balaban J connectivity index is 1.29. The van der Waals surface area contributed by atoms with Crippen LogP contribution in [0.3, 0.4) is 0 Å². The Bertz CT molecular complexity index is 1120. The Kier molecular flexibility index (Phi) is 6.52. The summed E-state index contributed by atoms with van der Waals surface area (Å²) in [5.41, 5.74) is 5.37. The lowest BCUT2D eigenvalue weighted by Crippen LogP contribution is -2.28. The maximum Gasteiger partial charge on any atom is 0.230 e. The number of benzene rings is 2. The maximum atomic E-state index is 12.5. The first-order valence-electron chi connectivity index (χ1n) is 10.2. The average molecular weight is 432 g/mol. The number of amides is 1. The van der Waals surface area contributed by atoms with E-state index in [1.165, 1.54) is 17.3 Å². The highest BCUT2D eigenvalue weighted by Crippen LogP contribution is 2.20. The Labute approximate surface area is 186 Å². The fraction of sp³-hybridized carbons (Fsp3) is 0.208. The first-order chi connectivity index (χ1) is 15.1.